The molecular weight excluding hydrogens is 228 g/mol. The Balaban J connectivity index is 2.47. The minimum Gasteiger partial charge on any atom is -0.493 e. The Kier molecular flexibility index (Phi) is 3.94. The summed E-state index contributed by atoms with van der Waals surface area (Å²) in [6.45, 7) is 2.85. The number of aryl methyl sites for hydroxylation is 1. The summed E-state index contributed by atoms with van der Waals surface area (Å²) in [6.07, 6.45) is 3.53. The highest BCUT2D eigenvalue weighted by molar-refractivity contribution is 5.33. The Hall–Kier alpha value is -1.88. The van der Waals surface area contributed by atoms with Gasteiger partial charge in [-0.15, -0.1) is 0 Å². The van der Waals surface area contributed by atoms with Crippen LogP contribution in [0.15, 0.2) is 30.6 Å². The van der Waals surface area contributed by atoms with Gasteiger partial charge in [0.15, 0.2) is 5.75 Å². The van der Waals surface area contributed by atoms with Crippen LogP contribution in [-0.2, 0) is 6.54 Å². The molecule has 0 bridgehead atoms. The summed E-state index contributed by atoms with van der Waals surface area (Å²) < 4.78 is 7.31. The number of rotatable bonds is 5. The lowest BCUT2D eigenvalue weighted by atomic mass is 10.1. The van der Waals surface area contributed by atoms with Crippen molar-refractivity contribution in [3.05, 3.63) is 42.0 Å². The molecule has 0 spiro atoms. The van der Waals surface area contributed by atoms with Crippen LogP contribution in [0.1, 0.15) is 24.4 Å². The van der Waals surface area contributed by atoms with Gasteiger partial charge in [0, 0.05) is 12.7 Å². The first-order valence-electron chi connectivity index (χ1n) is 5.99. The molecule has 1 unspecified atom stereocenters. The van der Waals surface area contributed by atoms with Crippen LogP contribution >= 0.6 is 0 Å². The van der Waals surface area contributed by atoms with Crippen molar-refractivity contribution in [3.63, 3.8) is 0 Å². The summed E-state index contributed by atoms with van der Waals surface area (Å²) in [5, 5.41) is 7.59. The minimum absolute atomic E-state index is 0.0244. The third-order valence-corrected chi connectivity index (χ3v) is 2.91. The number of hydrogen-bond donors (Lipinski definition) is 1. The molecule has 5 heteroatoms. The molecule has 0 aliphatic carbocycles. The third kappa shape index (κ3) is 2.22. The predicted molar refractivity (Wildman–Crippen MR) is 69.6 cm³/mol. The number of hydrogen-bond acceptors (Lipinski definition) is 4. The van der Waals surface area contributed by atoms with Gasteiger partial charge >= 0.3 is 0 Å². The van der Waals surface area contributed by atoms with Crippen LogP contribution in [0.5, 0.6) is 5.75 Å². The molecule has 2 rings (SSSR count). The lowest BCUT2D eigenvalue weighted by Gasteiger charge is -2.18. The zero-order valence-corrected chi connectivity index (χ0v) is 10.9. The summed E-state index contributed by atoms with van der Waals surface area (Å²) in [4.78, 5) is 4.40. The van der Waals surface area contributed by atoms with Crippen molar-refractivity contribution < 1.29 is 4.74 Å². The maximum atomic E-state index is 5.38. The Bertz CT molecular complexity index is 473. The molecule has 0 saturated carbocycles. The molecule has 1 atom stereocenters. The molecule has 2 aromatic heterocycles. The Labute approximate surface area is 107 Å². The molecule has 2 aromatic rings. The second-order valence-electron chi connectivity index (χ2n) is 3.89. The number of pyridine rings is 1. The number of ether oxygens (including phenoxy) is 1. The summed E-state index contributed by atoms with van der Waals surface area (Å²) >= 11 is 0. The standard InChI is InChI=1S/C13H18N4O/c1-4-17-13(11(18-3)9-16-17)12(14-2)10-7-5-6-8-15-10/h5-9,12,14H,4H2,1-3H3. The Morgan fingerprint density at radius 3 is 2.83 bits per heavy atom. The highest BCUT2D eigenvalue weighted by atomic mass is 16.5. The molecule has 0 saturated heterocycles. The van der Waals surface area contributed by atoms with E-state index in [-0.39, 0.29) is 6.04 Å². The molecule has 0 aliphatic rings. The van der Waals surface area contributed by atoms with E-state index < -0.39 is 0 Å². The molecule has 5 nitrogen and oxygen atoms in total. The average molecular weight is 246 g/mol. The van der Waals surface area contributed by atoms with Gasteiger partial charge < -0.3 is 10.1 Å². The van der Waals surface area contributed by atoms with E-state index in [1.54, 1.807) is 19.5 Å². The fourth-order valence-corrected chi connectivity index (χ4v) is 2.05. The third-order valence-electron chi connectivity index (χ3n) is 2.91. The zero-order valence-electron chi connectivity index (χ0n) is 10.9. The lowest BCUT2D eigenvalue weighted by molar-refractivity contribution is 0.400. The van der Waals surface area contributed by atoms with Crippen molar-refractivity contribution in [2.45, 2.75) is 19.5 Å². The van der Waals surface area contributed by atoms with E-state index in [4.69, 9.17) is 4.74 Å². The number of nitrogens with zero attached hydrogens (tertiary/aromatic N) is 3. The van der Waals surface area contributed by atoms with Crippen LogP contribution in [0.3, 0.4) is 0 Å². The summed E-state index contributed by atoms with van der Waals surface area (Å²) in [5.74, 6) is 0.779. The van der Waals surface area contributed by atoms with E-state index in [1.165, 1.54) is 0 Å². The van der Waals surface area contributed by atoms with Crippen molar-refractivity contribution in [1.82, 2.24) is 20.1 Å². The van der Waals surface area contributed by atoms with Gasteiger partial charge in [-0.05, 0) is 26.1 Å². The van der Waals surface area contributed by atoms with Gasteiger partial charge in [0.1, 0.15) is 5.69 Å². The normalized spacial score (nSPS) is 12.4. The van der Waals surface area contributed by atoms with Gasteiger partial charge in [-0.1, -0.05) is 6.07 Å². The van der Waals surface area contributed by atoms with E-state index >= 15 is 0 Å². The average Bonchev–Trinajstić information content (AvgIpc) is 2.84. The van der Waals surface area contributed by atoms with Crippen LogP contribution in [0, 0.1) is 0 Å². The topological polar surface area (TPSA) is 52.0 Å². The van der Waals surface area contributed by atoms with Crippen LogP contribution in [0.2, 0.25) is 0 Å². The van der Waals surface area contributed by atoms with Gasteiger partial charge in [-0.3, -0.25) is 9.67 Å². The van der Waals surface area contributed by atoms with Gasteiger partial charge in [0.05, 0.1) is 25.0 Å². The van der Waals surface area contributed by atoms with E-state index in [2.05, 4.69) is 22.3 Å². The molecule has 96 valence electrons. The quantitative estimate of drug-likeness (QED) is 0.871. The van der Waals surface area contributed by atoms with E-state index in [9.17, 15) is 0 Å². The zero-order chi connectivity index (χ0) is 13.0. The maximum Gasteiger partial charge on any atom is 0.161 e. The molecule has 0 aliphatic heterocycles. The first kappa shape index (κ1) is 12.6. The molecule has 2 heterocycles. The summed E-state index contributed by atoms with van der Waals surface area (Å²) in [5.41, 5.74) is 1.95. The lowest BCUT2D eigenvalue weighted by Crippen LogP contribution is -2.22. The van der Waals surface area contributed by atoms with Gasteiger partial charge in [0.2, 0.25) is 0 Å². The van der Waals surface area contributed by atoms with Crippen LogP contribution in [0.25, 0.3) is 0 Å². The van der Waals surface area contributed by atoms with Crippen molar-refractivity contribution in [3.8, 4) is 5.75 Å². The molecule has 0 fully saturated rings. The second kappa shape index (κ2) is 5.64. The number of aromatic nitrogens is 3. The number of nitrogens with one attached hydrogen (secondary N) is 1. The molecule has 0 amide bonds. The van der Waals surface area contributed by atoms with Crippen molar-refractivity contribution >= 4 is 0 Å². The van der Waals surface area contributed by atoms with Crippen LogP contribution in [-0.4, -0.2) is 28.9 Å². The molecule has 1 N–H and O–H groups in total. The monoisotopic (exact) mass is 246 g/mol. The van der Waals surface area contributed by atoms with Gasteiger partial charge in [-0.25, -0.2) is 0 Å². The Morgan fingerprint density at radius 2 is 2.28 bits per heavy atom. The summed E-state index contributed by atoms with van der Waals surface area (Å²) in [6, 6.07) is 5.85. The maximum absolute atomic E-state index is 5.38. The van der Waals surface area contributed by atoms with Crippen molar-refractivity contribution in [2.24, 2.45) is 0 Å². The molecule has 0 radical (unpaired) electrons. The van der Waals surface area contributed by atoms with E-state index in [0.29, 0.717) is 0 Å². The van der Waals surface area contributed by atoms with Gasteiger partial charge in [-0.2, -0.15) is 5.10 Å². The molecular formula is C13H18N4O. The second-order valence-corrected chi connectivity index (χ2v) is 3.89. The SMILES string of the molecule is CCn1ncc(OC)c1C(NC)c1ccccn1. The fraction of sp³-hybridized carbons (Fsp3) is 0.385. The van der Waals surface area contributed by atoms with Crippen LogP contribution < -0.4 is 10.1 Å². The van der Waals surface area contributed by atoms with Crippen LogP contribution in [0.4, 0.5) is 0 Å². The highest BCUT2D eigenvalue weighted by Gasteiger charge is 2.22. The molecule has 0 aromatic carbocycles. The highest BCUT2D eigenvalue weighted by Crippen LogP contribution is 2.28. The largest absolute Gasteiger partial charge is 0.493 e. The smallest absolute Gasteiger partial charge is 0.161 e. The predicted octanol–water partition coefficient (Wildman–Crippen LogP) is 1.62. The van der Waals surface area contributed by atoms with Gasteiger partial charge in [0.25, 0.3) is 0 Å². The number of methoxy groups -OCH3 is 1. The van der Waals surface area contributed by atoms with Crippen molar-refractivity contribution in [2.75, 3.05) is 14.2 Å². The Morgan fingerprint density at radius 1 is 1.44 bits per heavy atom. The minimum atomic E-state index is -0.0244. The molecule has 18 heavy (non-hydrogen) atoms. The van der Waals surface area contributed by atoms with Crippen molar-refractivity contribution in [1.29, 1.82) is 0 Å². The first-order chi connectivity index (χ1) is 8.81. The van der Waals surface area contributed by atoms with E-state index in [1.807, 2.05) is 29.9 Å². The summed E-state index contributed by atoms with van der Waals surface area (Å²) in [7, 11) is 3.57. The van der Waals surface area contributed by atoms with E-state index in [0.717, 1.165) is 23.7 Å². The fourth-order valence-electron chi connectivity index (χ4n) is 2.05. The first-order valence-corrected chi connectivity index (χ1v) is 5.99.